The van der Waals surface area contributed by atoms with E-state index in [2.05, 4.69) is 15.4 Å². The molecule has 0 spiro atoms. The zero-order valence-electron chi connectivity index (χ0n) is 12.0. The molecule has 21 heavy (non-hydrogen) atoms. The van der Waals surface area contributed by atoms with Crippen molar-refractivity contribution >= 4 is 22.7 Å². The Morgan fingerprint density at radius 3 is 2.86 bits per heavy atom. The van der Waals surface area contributed by atoms with Gasteiger partial charge < -0.3 is 15.5 Å². The van der Waals surface area contributed by atoms with Crippen molar-refractivity contribution in [1.29, 1.82) is 0 Å². The van der Waals surface area contributed by atoms with Crippen molar-refractivity contribution in [2.45, 2.75) is 25.9 Å². The highest BCUT2D eigenvalue weighted by atomic mass is 16.4. The smallest absolute Gasteiger partial charge is 0.339 e. The fourth-order valence-corrected chi connectivity index (χ4v) is 2.87. The van der Waals surface area contributed by atoms with E-state index >= 15 is 0 Å². The zero-order chi connectivity index (χ0) is 15.1. The van der Waals surface area contributed by atoms with E-state index in [0.29, 0.717) is 23.8 Å². The van der Waals surface area contributed by atoms with Crippen LogP contribution in [0.1, 0.15) is 28.9 Å². The van der Waals surface area contributed by atoms with E-state index in [0.717, 1.165) is 23.9 Å². The lowest BCUT2D eigenvalue weighted by atomic mass is 9.82. The van der Waals surface area contributed by atoms with Crippen LogP contribution in [0, 0.1) is 12.8 Å². The highest BCUT2D eigenvalue weighted by Crippen LogP contribution is 2.31. The van der Waals surface area contributed by atoms with Crippen LogP contribution < -0.4 is 5.32 Å². The van der Waals surface area contributed by atoms with E-state index in [-0.39, 0.29) is 11.7 Å². The molecule has 112 valence electrons. The summed E-state index contributed by atoms with van der Waals surface area (Å²) in [5, 5.41) is 27.0. The van der Waals surface area contributed by atoms with Crippen molar-refractivity contribution in [2.24, 2.45) is 13.0 Å². The van der Waals surface area contributed by atoms with Crippen LogP contribution in [0.15, 0.2) is 6.20 Å². The van der Waals surface area contributed by atoms with Gasteiger partial charge in [-0.1, -0.05) is 0 Å². The maximum absolute atomic E-state index is 11.4. The number of hydrogen-bond acceptors (Lipinski definition) is 5. The number of fused-ring (bicyclic) bond motifs is 1. The molecule has 3 N–H and O–H groups in total. The summed E-state index contributed by atoms with van der Waals surface area (Å²) in [6, 6.07) is 0. The van der Waals surface area contributed by atoms with Crippen LogP contribution in [-0.4, -0.2) is 43.6 Å². The van der Waals surface area contributed by atoms with Crippen LogP contribution in [0.5, 0.6) is 0 Å². The third kappa shape index (κ3) is 2.33. The van der Waals surface area contributed by atoms with E-state index in [1.807, 2.05) is 6.92 Å². The number of carboxylic acids is 1. The van der Waals surface area contributed by atoms with Gasteiger partial charge in [0.25, 0.3) is 0 Å². The van der Waals surface area contributed by atoms with Gasteiger partial charge in [-0.15, -0.1) is 0 Å². The Balaban J connectivity index is 1.99. The minimum Gasteiger partial charge on any atom is -0.478 e. The first-order valence-electron chi connectivity index (χ1n) is 6.95. The molecule has 0 aromatic carbocycles. The van der Waals surface area contributed by atoms with Crippen molar-refractivity contribution in [3.63, 3.8) is 0 Å². The maximum Gasteiger partial charge on any atom is 0.339 e. The van der Waals surface area contributed by atoms with Crippen LogP contribution in [0.4, 0.5) is 5.69 Å². The van der Waals surface area contributed by atoms with Crippen LogP contribution in [0.2, 0.25) is 0 Å². The molecule has 0 amide bonds. The van der Waals surface area contributed by atoms with Crippen LogP contribution >= 0.6 is 0 Å². The van der Waals surface area contributed by atoms with Gasteiger partial charge in [-0.25, -0.2) is 9.78 Å². The number of pyridine rings is 1. The van der Waals surface area contributed by atoms with E-state index in [1.54, 1.807) is 11.7 Å². The molecule has 0 atom stereocenters. The van der Waals surface area contributed by atoms with Crippen molar-refractivity contribution in [3.05, 3.63) is 17.5 Å². The molecule has 2 aromatic rings. The van der Waals surface area contributed by atoms with Gasteiger partial charge in [0.15, 0.2) is 5.65 Å². The molecule has 1 fully saturated rings. The quantitative estimate of drug-likeness (QED) is 0.781. The van der Waals surface area contributed by atoms with Gasteiger partial charge in [0, 0.05) is 19.8 Å². The topological polar surface area (TPSA) is 100 Å². The maximum atomic E-state index is 11.4. The number of carboxylic acid groups (broad SMARTS) is 1. The summed E-state index contributed by atoms with van der Waals surface area (Å²) in [6.07, 6.45) is 2.67. The first-order chi connectivity index (χ1) is 9.97. The summed E-state index contributed by atoms with van der Waals surface area (Å²) < 4.78 is 1.65. The molecular weight excluding hydrogens is 272 g/mol. The Kier molecular flexibility index (Phi) is 3.29. The average molecular weight is 290 g/mol. The minimum absolute atomic E-state index is 0.151. The predicted molar refractivity (Wildman–Crippen MR) is 77.4 cm³/mol. The first-order valence-corrected chi connectivity index (χ1v) is 6.95. The highest BCUT2D eigenvalue weighted by molar-refractivity contribution is 6.04. The number of aryl methyl sites for hydroxylation is 2. The average Bonchev–Trinajstić information content (AvgIpc) is 2.68. The second-order valence-corrected chi connectivity index (χ2v) is 5.63. The van der Waals surface area contributed by atoms with E-state index < -0.39 is 5.97 Å². The Bertz CT molecular complexity index is 704. The SMILES string of the molecule is Cc1nn(C)c2ncc(C(=O)O)c(NCC3CC(O)C3)c12. The standard InChI is InChI=1S/C14H18N4O3/c1-7-11-12(15-5-8-3-9(19)4-8)10(14(20)21)6-16-13(11)18(2)17-7/h6,8-9,19H,3-5H2,1-2H3,(H,15,16)(H,20,21). The predicted octanol–water partition coefficient (Wildman–Crippen LogP) is 1.16. The summed E-state index contributed by atoms with van der Waals surface area (Å²) in [5.74, 6) is -0.634. The van der Waals surface area contributed by atoms with Gasteiger partial charge in [-0.05, 0) is 25.7 Å². The van der Waals surface area contributed by atoms with Crippen molar-refractivity contribution < 1.29 is 15.0 Å². The molecule has 0 saturated heterocycles. The number of nitrogens with one attached hydrogen (secondary N) is 1. The Morgan fingerprint density at radius 1 is 1.52 bits per heavy atom. The monoisotopic (exact) mass is 290 g/mol. The van der Waals surface area contributed by atoms with Gasteiger partial charge >= 0.3 is 5.97 Å². The molecule has 3 rings (SSSR count). The van der Waals surface area contributed by atoms with Gasteiger partial charge in [0.05, 0.1) is 22.9 Å². The molecular formula is C14H18N4O3. The molecule has 7 heteroatoms. The first kappa shape index (κ1) is 13.8. The molecule has 7 nitrogen and oxygen atoms in total. The molecule has 1 aliphatic carbocycles. The molecule has 1 saturated carbocycles. The van der Waals surface area contributed by atoms with E-state index in [4.69, 9.17) is 0 Å². The molecule has 0 unspecified atom stereocenters. The number of aliphatic hydroxyl groups excluding tert-OH is 1. The minimum atomic E-state index is -1.01. The summed E-state index contributed by atoms with van der Waals surface area (Å²) in [7, 11) is 1.79. The number of anilines is 1. The van der Waals surface area contributed by atoms with Gasteiger partial charge in [0.1, 0.15) is 5.56 Å². The lowest BCUT2D eigenvalue weighted by Gasteiger charge is -2.31. The Labute approximate surface area is 121 Å². The molecule has 2 heterocycles. The van der Waals surface area contributed by atoms with Crippen LogP contribution in [-0.2, 0) is 7.05 Å². The Morgan fingerprint density at radius 2 is 2.24 bits per heavy atom. The number of aromatic carboxylic acids is 1. The second kappa shape index (κ2) is 5.00. The van der Waals surface area contributed by atoms with Crippen molar-refractivity contribution in [1.82, 2.24) is 14.8 Å². The van der Waals surface area contributed by atoms with Gasteiger partial charge in [-0.2, -0.15) is 5.10 Å². The normalized spacial score (nSPS) is 21.3. The zero-order valence-corrected chi connectivity index (χ0v) is 12.0. The molecule has 0 aliphatic heterocycles. The van der Waals surface area contributed by atoms with Crippen LogP contribution in [0.3, 0.4) is 0 Å². The third-order valence-corrected chi connectivity index (χ3v) is 4.04. The number of hydrogen-bond donors (Lipinski definition) is 3. The number of nitrogens with zero attached hydrogens (tertiary/aromatic N) is 3. The lowest BCUT2D eigenvalue weighted by Crippen LogP contribution is -2.33. The molecule has 0 bridgehead atoms. The third-order valence-electron chi connectivity index (χ3n) is 4.04. The fraction of sp³-hybridized carbons (Fsp3) is 0.500. The van der Waals surface area contributed by atoms with Crippen LogP contribution in [0.25, 0.3) is 11.0 Å². The fourth-order valence-electron chi connectivity index (χ4n) is 2.87. The van der Waals surface area contributed by atoms with Gasteiger partial charge in [-0.3, -0.25) is 4.68 Å². The molecule has 0 radical (unpaired) electrons. The van der Waals surface area contributed by atoms with Gasteiger partial charge in [0.2, 0.25) is 0 Å². The number of aromatic nitrogens is 3. The van der Waals surface area contributed by atoms with Crippen molar-refractivity contribution in [2.75, 3.05) is 11.9 Å². The Hall–Kier alpha value is -2.15. The van der Waals surface area contributed by atoms with Crippen molar-refractivity contribution in [3.8, 4) is 0 Å². The largest absolute Gasteiger partial charge is 0.478 e. The van der Waals surface area contributed by atoms with E-state index in [1.165, 1.54) is 6.20 Å². The second-order valence-electron chi connectivity index (χ2n) is 5.63. The summed E-state index contributed by atoms with van der Waals surface area (Å²) >= 11 is 0. The number of rotatable bonds is 4. The van der Waals surface area contributed by atoms with E-state index in [9.17, 15) is 15.0 Å². The summed E-state index contributed by atoms with van der Waals surface area (Å²) in [5.41, 5.74) is 2.13. The summed E-state index contributed by atoms with van der Waals surface area (Å²) in [6.45, 7) is 2.48. The highest BCUT2D eigenvalue weighted by Gasteiger charge is 2.28. The number of aliphatic hydroxyl groups is 1. The molecule has 1 aliphatic rings. The molecule has 2 aromatic heterocycles. The number of carbonyl (C=O) groups is 1. The summed E-state index contributed by atoms with van der Waals surface area (Å²) in [4.78, 5) is 15.6. The lowest BCUT2D eigenvalue weighted by molar-refractivity contribution is 0.0486.